The van der Waals surface area contributed by atoms with Crippen LogP contribution in [-0.4, -0.2) is 79.4 Å². The third-order valence-electron chi connectivity index (χ3n) is 4.95. The first kappa shape index (κ1) is 20.4. The molecule has 1 N–H and O–H groups in total. The largest absolute Gasteiger partial charge is 0.353 e. The maximum Gasteiger partial charge on any atom is 0.244 e. The van der Waals surface area contributed by atoms with Crippen LogP contribution in [0.2, 0.25) is 0 Å². The second-order valence-electron chi connectivity index (χ2n) is 7.23. The summed E-state index contributed by atoms with van der Waals surface area (Å²) in [6.07, 6.45) is 0.935. The minimum atomic E-state index is -0.262. The predicted octanol–water partition coefficient (Wildman–Crippen LogP) is 1.35. The van der Waals surface area contributed by atoms with E-state index in [4.69, 9.17) is 0 Å². The maximum atomic E-state index is 12.8. The molecule has 0 bridgehead atoms. The van der Waals surface area contributed by atoms with E-state index in [9.17, 15) is 9.59 Å². The second-order valence-corrected chi connectivity index (χ2v) is 7.23. The molecule has 1 aliphatic rings. The van der Waals surface area contributed by atoms with Gasteiger partial charge in [0.15, 0.2) is 0 Å². The van der Waals surface area contributed by atoms with Crippen molar-refractivity contribution >= 4 is 11.8 Å². The molecule has 1 aromatic carbocycles. The van der Waals surface area contributed by atoms with E-state index >= 15 is 0 Å². The minimum Gasteiger partial charge on any atom is -0.353 e. The van der Waals surface area contributed by atoms with Crippen molar-refractivity contribution in [3.8, 4) is 0 Å². The Kier molecular flexibility index (Phi) is 7.60. The number of rotatable bonds is 7. The van der Waals surface area contributed by atoms with E-state index in [0.717, 1.165) is 38.2 Å². The van der Waals surface area contributed by atoms with Crippen molar-refractivity contribution in [2.75, 3.05) is 46.8 Å². The second kappa shape index (κ2) is 9.69. The third kappa shape index (κ3) is 5.54. The highest BCUT2D eigenvalue weighted by Crippen LogP contribution is 2.24. The van der Waals surface area contributed by atoms with Gasteiger partial charge in [-0.2, -0.15) is 0 Å². The average molecular weight is 361 g/mol. The summed E-state index contributed by atoms with van der Waals surface area (Å²) >= 11 is 0. The Labute approximate surface area is 157 Å². The number of carbonyl (C=O) groups is 2. The van der Waals surface area contributed by atoms with Gasteiger partial charge in [-0.1, -0.05) is 37.3 Å². The molecule has 1 aliphatic heterocycles. The summed E-state index contributed by atoms with van der Waals surface area (Å²) in [4.78, 5) is 30.9. The van der Waals surface area contributed by atoms with Gasteiger partial charge in [0.1, 0.15) is 6.04 Å². The summed E-state index contributed by atoms with van der Waals surface area (Å²) in [6, 6.07) is 9.89. The summed E-state index contributed by atoms with van der Waals surface area (Å²) in [6.45, 7) is 7.64. The molecule has 26 heavy (non-hydrogen) atoms. The van der Waals surface area contributed by atoms with Gasteiger partial charge >= 0.3 is 0 Å². The quantitative estimate of drug-likeness (QED) is 0.797. The number of nitrogens with zero attached hydrogens (tertiary/aromatic N) is 3. The molecule has 144 valence electrons. The monoisotopic (exact) mass is 360 g/mol. The maximum absolute atomic E-state index is 12.8. The van der Waals surface area contributed by atoms with Crippen molar-refractivity contribution in [2.45, 2.75) is 32.4 Å². The summed E-state index contributed by atoms with van der Waals surface area (Å²) in [5.41, 5.74) is 1.02. The minimum absolute atomic E-state index is 0.0803. The van der Waals surface area contributed by atoms with Gasteiger partial charge in [0.05, 0.1) is 6.54 Å². The normalized spacial score (nSPS) is 18.2. The first-order valence-corrected chi connectivity index (χ1v) is 9.44. The molecule has 2 amide bonds. The molecule has 1 saturated heterocycles. The highest BCUT2D eigenvalue weighted by molar-refractivity contribution is 5.83. The molecule has 0 aromatic heterocycles. The lowest BCUT2D eigenvalue weighted by atomic mass is 10.0. The fourth-order valence-corrected chi connectivity index (χ4v) is 3.19. The number of carbonyl (C=O) groups excluding carboxylic acids is 2. The van der Waals surface area contributed by atoms with Crippen LogP contribution in [0.4, 0.5) is 0 Å². The zero-order valence-electron chi connectivity index (χ0n) is 16.4. The molecule has 0 radical (unpaired) electrons. The van der Waals surface area contributed by atoms with Crippen LogP contribution in [0.25, 0.3) is 0 Å². The van der Waals surface area contributed by atoms with Crippen molar-refractivity contribution in [1.29, 1.82) is 0 Å². The molecule has 0 saturated carbocycles. The fraction of sp³-hybridized carbons (Fsp3) is 0.600. The Balaban J connectivity index is 1.97. The molecule has 1 aromatic rings. The Morgan fingerprint density at radius 2 is 1.73 bits per heavy atom. The van der Waals surface area contributed by atoms with Crippen LogP contribution >= 0.6 is 0 Å². The van der Waals surface area contributed by atoms with E-state index in [1.54, 1.807) is 19.0 Å². The van der Waals surface area contributed by atoms with Crippen LogP contribution in [0.1, 0.15) is 31.9 Å². The van der Waals surface area contributed by atoms with E-state index in [1.165, 1.54) is 0 Å². The van der Waals surface area contributed by atoms with Gasteiger partial charge in [0, 0.05) is 46.3 Å². The van der Waals surface area contributed by atoms with Crippen LogP contribution in [0.5, 0.6) is 0 Å². The molecule has 1 fully saturated rings. The Morgan fingerprint density at radius 1 is 1.12 bits per heavy atom. The van der Waals surface area contributed by atoms with E-state index in [2.05, 4.69) is 22.0 Å². The first-order valence-electron chi connectivity index (χ1n) is 9.44. The zero-order chi connectivity index (χ0) is 19.1. The van der Waals surface area contributed by atoms with Gasteiger partial charge in [0.25, 0.3) is 0 Å². The highest BCUT2D eigenvalue weighted by Gasteiger charge is 2.31. The van der Waals surface area contributed by atoms with E-state index < -0.39 is 0 Å². The summed E-state index contributed by atoms with van der Waals surface area (Å²) in [5.74, 6) is 0.177. The Bertz CT molecular complexity index is 583. The zero-order valence-corrected chi connectivity index (χ0v) is 16.4. The number of hydrogen-bond acceptors (Lipinski definition) is 4. The van der Waals surface area contributed by atoms with Crippen molar-refractivity contribution in [3.63, 3.8) is 0 Å². The fourth-order valence-electron chi connectivity index (χ4n) is 3.19. The highest BCUT2D eigenvalue weighted by atomic mass is 16.2. The lowest BCUT2D eigenvalue weighted by Gasteiger charge is -2.39. The molecular formula is C20H32N4O2. The molecule has 6 heteroatoms. The molecule has 6 nitrogen and oxygen atoms in total. The van der Waals surface area contributed by atoms with Crippen LogP contribution < -0.4 is 5.32 Å². The number of piperazine rings is 1. The smallest absolute Gasteiger partial charge is 0.244 e. The van der Waals surface area contributed by atoms with Gasteiger partial charge in [0.2, 0.25) is 11.8 Å². The SMILES string of the molecule is CCC(C)NC(=O)CN1CCN(C(C(=O)N(C)C)c2ccccc2)CC1. The Morgan fingerprint density at radius 3 is 2.27 bits per heavy atom. The summed E-state index contributed by atoms with van der Waals surface area (Å²) in [5, 5.41) is 3.01. The molecule has 2 unspecified atom stereocenters. The van der Waals surface area contributed by atoms with Crippen molar-refractivity contribution in [2.24, 2.45) is 0 Å². The van der Waals surface area contributed by atoms with Gasteiger partial charge in [-0.3, -0.25) is 19.4 Å². The molecule has 0 spiro atoms. The Hall–Kier alpha value is -1.92. The van der Waals surface area contributed by atoms with Gasteiger partial charge < -0.3 is 10.2 Å². The number of hydrogen-bond donors (Lipinski definition) is 1. The molecular weight excluding hydrogens is 328 g/mol. The predicted molar refractivity (Wildman–Crippen MR) is 104 cm³/mol. The van der Waals surface area contributed by atoms with Crippen molar-refractivity contribution < 1.29 is 9.59 Å². The van der Waals surface area contributed by atoms with Crippen LogP contribution in [-0.2, 0) is 9.59 Å². The van der Waals surface area contributed by atoms with Crippen molar-refractivity contribution in [1.82, 2.24) is 20.0 Å². The van der Waals surface area contributed by atoms with Gasteiger partial charge in [-0.05, 0) is 18.9 Å². The molecule has 2 rings (SSSR count). The topological polar surface area (TPSA) is 55.9 Å². The van der Waals surface area contributed by atoms with E-state index in [0.29, 0.717) is 6.54 Å². The lowest BCUT2D eigenvalue weighted by molar-refractivity contribution is -0.136. The lowest BCUT2D eigenvalue weighted by Crippen LogP contribution is -2.53. The number of benzene rings is 1. The average Bonchev–Trinajstić information content (AvgIpc) is 2.63. The standard InChI is InChI=1S/C20H32N4O2/c1-5-16(2)21-18(25)15-23-11-13-24(14-12-23)19(20(26)22(3)4)17-9-7-6-8-10-17/h6-10,16,19H,5,11-15H2,1-4H3,(H,21,25). The number of likely N-dealkylation sites (N-methyl/N-ethyl adjacent to an activating group) is 1. The van der Waals surface area contributed by atoms with E-state index in [1.807, 2.05) is 37.3 Å². The molecule has 1 heterocycles. The third-order valence-corrected chi connectivity index (χ3v) is 4.95. The van der Waals surface area contributed by atoms with Gasteiger partial charge in [-0.25, -0.2) is 0 Å². The number of amides is 2. The van der Waals surface area contributed by atoms with E-state index in [-0.39, 0.29) is 23.9 Å². The van der Waals surface area contributed by atoms with Crippen LogP contribution in [0, 0.1) is 0 Å². The van der Waals surface area contributed by atoms with Crippen molar-refractivity contribution in [3.05, 3.63) is 35.9 Å². The molecule has 2 atom stereocenters. The summed E-state index contributed by atoms with van der Waals surface area (Å²) < 4.78 is 0. The first-order chi connectivity index (χ1) is 12.4. The number of nitrogens with one attached hydrogen (secondary N) is 1. The van der Waals surface area contributed by atoms with Crippen LogP contribution in [0.3, 0.4) is 0 Å². The molecule has 0 aliphatic carbocycles. The van der Waals surface area contributed by atoms with Crippen LogP contribution in [0.15, 0.2) is 30.3 Å². The van der Waals surface area contributed by atoms with Gasteiger partial charge in [-0.15, -0.1) is 0 Å². The summed E-state index contributed by atoms with van der Waals surface area (Å²) in [7, 11) is 3.60.